The summed E-state index contributed by atoms with van der Waals surface area (Å²) in [6.45, 7) is 3.38. The average Bonchev–Trinajstić information content (AvgIpc) is 2.78. The highest BCUT2D eigenvalue weighted by atomic mass is 16.5. The third-order valence-electron chi connectivity index (χ3n) is 5.66. The van der Waals surface area contributed by atoms with E-state index in [0.29, 0.717) is 25.4 Å². The summed E-state index contributed by atoms with van der Waals surface area (Å²) < 4.78 is 22.9. The molecule has 0 saturated carbocycles. The van der Waals surface area contributed by atoms with E-state index in [-0.39, 0.29) is 12.2 Å². The fourth-order valence-corrected chi connectivity index (χ4v) is 3.98. The number of benzene rings is 2. The summed E-state index contributed by atoms with van der Waals surface area (Å²) in [4.78, 5) is 0. The second kappa shape index (κ2) is 9.78. The highest BCUT2D eigenvalue weighted by Crippen LogP contribution is 2.40. The number of ether oxygens (including phenoxy) is 4. The maximum Gasteiger partial charge on any atom is 0.123 e. The Bertz CT molecular complexity index is 841. The quantitative estimate of drug-likeness (QED) is 0.667. The van der Waals surface area contributed by atoms with E-state index >= 15 is 0 Å². The lowest BCUT2D eigenvalue weighted by molar-refractivity contribution is -0.0798. The van der Waals surface area contributed by atoms with Crippen molar-refractivity contribution in [2.75, 3.05) is 27.4 Å². The molecule has 5 heteroatoms. The number of rotatable bonds is 8. The summed E-state index contributed by atoms with van der Waals surface area (Å²) in [5, 5.41) is 10.5. The third-order valence-corrected chi connectivity index (χ3v) is 5.66. The zero-order valence-electron chi connectivity index (χ0n) is 17.4. The van der Waals surface area contributed by atoms with E-state index in [1.165, 1.54) is 0 Å². The zero-order valence-corrected chi connectivity index (χ0v) is 17.4. The zero-order chi connectivity index (χ0) is 20.7. The van der Waals surface area contributed by atoms with E-state index in [9.17, 15) is 5.26 Å². The minimum Gasteiger partial charge on any atom is -0.497 e. The van der Waals surface area contributed by atoms with Crippen molar-refractivity contribution in [3.63, 3.8) is 0 Å². The lowest BCUT2D eigenvalue weighted by Gasteiger charge is -2.37. The Morgan fingerprint density at radius 3 is 2.55 bits per heavy atom. The summed E-state index contributed by atoms with van der Waals surface area (Å²) in [7, 11) is 3.28. The summed E-state index contributed by atoms with van der Waals surface area (Å²) in [5.41, 5.74) is 0.948. The van der Waals surface area contributed by atoms with Gasteiger partial charge in [-0.25, -0.2) is 0 Å². The molecule has 2 atom stereocenters. The van der Waals surface area contributed by atoms with Crippen molar-refractivity contribution in [2.45, 2.75) is 43.8 Å². The first-order valence-electron chi connectivity index (χ1n) is 10.0. The van der Waals surface area contributed by atoms with Crippen LogP contribution < -0.4 is 9.47 Å². The first-order valence-corrected chi connectivity index (χ1v) is 10.0. The minimum absolute atomic E-state index is 0.0893. The molecule has 1 aliphatic heterocycles. The molecule has 3 rings (SSSR count). The van der Waals surface area contributed by atoms with Crippen molar-refractivity contribution in [1.82, 2.24) is 0 Å². The van der Waals surface area contributed by atoms with Crippen LogP contribution in [0.25, 0.3) is 0 Å². The number of hydrogen-bond donors (Lipinski definition) is 0. The smallest absolute Gasteiger partial charge is 0.123 e. The van der Waals surface area contributed by atoms with Crippen molar-refractivity contribution in [3.05, 3.63) is 59.7 Å². The second-order valence-corrected chi connectivity index (χ2v) is 7.40. The highest BCUT2D eigenvalue weighted by Gasteiger charge is 2.43. The fourth-order valence-electron chi connectivity index (χ4n) is 3.98. The molecule has 0 N–H and O–H groups in total. The maximum absolute atomic E-state index is 10.5. The van der Waals surface area contributed by atoms with E-state index in [1.54, 1.807) is 14.2 Å². The van der Waals surface area contributed by atoms with E-state index in [2.05, 4.69) is 6.07 Å². The van der Waals surface area contributed by atoms with Gasteiger partial charge in [0.1, 0.15) is 16.9 Å². The van der Waals surface area contributed by atoms with Gasteiger partial charge in [0.05, 0.1) is 32.5 Å². The predicted octanol–water partition coefficient (Wildman–Crippen LogP) is 4.29. The molecule has 29 heavy (non-hydrogen) atoms. The van der Waals surface area contributed by atoms with Crippen LogP contribution in [0.4, 0.5) is 0 Å². The number of hydrogen-bond acceptors (Lipinski definition) is 5. The SMILES string of the molecule is COc1cccc(CC(C#N)(c2ccccc2OC)C(C)OC2CCOCC2)c1. The second-order valence-electron chi connectivity index (χ2n) is 7.40. The molecule has 2 aromatic rings. The Kier molecular flexibility index (Phi) is 7.13. The van der Waals surface area contributed by atoms with E-state index in [1.807, 2.05) is 55.5 Å². The molecule has 5 nitrogen and oxygen atoms in total. The molecule has 1 saturated heterocycles. The number of nitriles is 1. The molecule has 2 unspecified atom stereocenters. The molecule has 1 fully saturated rings. The van der Waals surface area contributed by atoms with Crippen LogP contribution in [-0.4, -0.2) is 39.6 Å². The van der Waals surface area contributed by atoms with Gasteiger partial charge in [-0.3, -0.25) is 0 Å². The van der Waals surface area contributed by atoms with Crippen LogP contribution in [0.1, 0.15) is 30.9 Å². The van der Waals surface area contributed by atoms with Crippen LogP contribution in [0.15, 0.2) is 48.5 Å². The predicted molar refractivity (Wildman–Crippen MR) is 111 cm³/mol. The molecule has 1 heterocycles. The molecule has 0 aromatic heterocycles. The van der Waals surface area contributed by atoms with Crippen LogP contribution in [-0.2, 0) is 21.3 Å². The first kappa shape index (κ1) is 21.2. The molecule has 0 radical (unpaired) electrons. The topological polar surface area (TPSA) is 60.7 Å². The lowest BCUT2D eigenvalue weighted by Crippen LogP contribution is -2.43. The largest absolute Gasteiger partial charge is 0.497 e. The summed E-state index contributed by atoms with van der Waals surface area (Å²) in [6, 6.07) is 18.2. The summed E-state index contributed by atoms with van der Waals surface area (Å²) >= 11 is 0. The Morgan fingerprint density at radius 2 is 1.86 bits per heavy atom. The number of para-hydroxylation sites is 1. The molecule has 0 bridgehead atoms. The van der Waals surface area contributed by atoms with Crippen molar-refractivity contribution >= 4 is 0 Å². The summed E-state index contributed by atoms with van der Waals surface area (Å²) in [6.07, 6.45) is 1.93. The van der Waals surface area contributed by atoms with Crippen LogP contribution in [0.5, 0.6) is 11.5 Å². The molecule has 154 valence electrons. The molecule has 0 amide bonds. The van der Waals surface area contributed by atoms with E-state index in [4.69, 9.17) is 18.9 Å². The highest BCUT2D eigenvalue weighted by molar-refractivity contribution is 5.47. The van der Waals surface area contributed by atoms with Gasteiger partial charge in [-0.1, -0.05) is 30.3 Å². The van der Waals surface area contributed by atoms with Crippen molar-refractivity contribution in [1.29, 1.82) is 5.26 Å². The molecular weight excluding hydrogens is 366 g/mol. The Labute approximate surface area is 173 Å². The van der Waals surface area contributed by atoms with Gasteiger partial charge in [-0.2, -0.15) is 5.26 Å². The van der Waals surface area contributed by atoms with Gasteiger partial charge < -0.3 is 18.9 Å². The number of nitrogens with zero attached hydrogens (tertiary/aromatic N) is 1. The Balaban J connectivity index is 2.01. The van der Waals surface area contributed by atoms with Gasteiger partial charge >= 0.3 is 0 Å². The van der Waals surface area contributed by atoms with Gasteiger partial charge in [0.25, 0.3) is 0 Å². The summed E-state index contributed by atoms with van der Waals surface area (Å²) in [5.74, 6) is 1.46. The van der Waals surface area contributed by atoms with E-state index in [0.717, 1.165) is 29.7 Å². The van der Waals surface area contributed by atoms with Crippen LogP contribution >= 0.6 is 0 Å². The Hall–Kier alpha value is -2.55. The molecular formula is C24H29NO4. The molecule has 1 aliphatic rings. The van der Waals surface area contributed by atoms with Gasteiger partial charge in [-0.05, 0) is 49.9 Å². The normalized spacial score (nSPS) is 17.7. The van der Waals surface area contributed by atoms with Crippen molar-refractivity contribution in [2.24, 2.45) is 0 Å². The molecule has 0 aliphatic carbocycles. The fraction of sp³-hybridized carbons (Fsp3) is 0.458. The van der Waals surface area contributed by atoms with Crippen LogP contribution in [0, 0.1) is 11.3 Å². The standard InChI is InChI=1S/C24H29NO4/c1-18(29-20-11-13-28-14-12-20)24(17-25,22-9-4-5-10-23(22)27-3)16-19-7-6-8-21(15-19)26-2/h4-10,15,18,20H,11-14,16H2,1-3H3. The average molecular weight is 395 g/mol. The first-order chi connectivity index (χ1) is 14.1. The van der Waals surface area contributed by atoms with Crippen molar-refractivity contribution in [3.8, 4) is 17.6 Å². The van der Waals surface area contributed by atoms with Gasteiger partial charge in [-0.15, -0.1) is 0 Å². The monoisotopic (exact) mass is 395 g/mol. The van der Waals surface area contributed by atoms with Crippen LogP contribution in [0.2, 0.25) is 0 Å². The van der Waals surface area contributed by atoms with Crippen molar-refractivity contribution < 1.29 is 18.9 Å². The van der Waals surface area contributed by atoms with Gasteiger partial charge in [0.2, 0.25) is 0 Å². The molecule has 0 spiro atoms. The Morgan fingerprint density at radius 1 is 1.10 bits per heavy atom. The number of methoxy groups -OCH3 is 2. The van der Waals surface area contributed by atoms with E-state index < -0.39 is 5.41 Å². The van der Waals surface area contributed by atoms with Crippen LogP contribution in [0.3, 0.4) is 0 Å². The third kappa shape index (κ3) is 4.72. The molecule has 2 aromatic carbocycles. The lowest BCUT2D eigenvalue weighted by atomic mass is 9.72. The van der Waals surface area contributed by atoms with Gasteiger partial charge in [0, 0.05) is 18.8 Å². The minimum atomic E-state index is -0.905. The maximum atomic E-state index is 10.5. The van der Waals surface area contributed by atoms with Gasteiger partial charge in [0.15, 0.2) is 0 Å².